The van der Waals surface area contributed by atoms with Crippen molar-refractivity contribution < 1.29 is 4.74 Å². The maximum atomic E-state index is 5.54. The molecule has 0 bridgehead atoms. The Hall–Kier alpha value is -1.57. The van der Waals surface area contributed by atoms with Crippen LogP contribution in [0.15, 0.2) is 12.3 Å². The van der Waals surface area contributed by atoms with Gasteiger partial charge in [-0.1, -0.05) is 0 Å². The van der Waals surface area contributed by atoms with Gasteiger partial charge in [-0.25, -0.2) is 15.0 Å². The van der Waals surface area contributed by atoms with E-state index >= 15 is 0 Å². The topological polar surface area (TPSA) is 63.2 Å². The standard InChI is InChI=1S/C18H25N5OS/c1-12-11-19-18(25-12)22-17-10-15(20-13(2)21-17)16-4-3-7-23(16)14-5-8-24-9-6-14/h10-11,14,16H,3-9H2,1-2H3,(H,19,20,21,22). The average Bonchev–Trinajstić information content (AvgIpc) is 3.24. The maximum absolute atomic E-state index is 5.54. The number of hydrogen-bond acceptors (Lipinski definition) is 7. The first kappa shape index (κ1) is 16.9. The molecule has 2 fully saturated rings. The van der Waals surface area contributed by atoms with Gasteiger partial charge >= 0.3 is 0 Å². The largest absolute Gasteiger partial charge is 0.381 e. The van der Waals surface area contributed by atoms with E-state index in [1.165, 1.54) is 17.7 Å². The third kappa shape index (κ3) is 3.83. The Bertz CT molecular complexity index is 728. The summed E-state index contributed by atoms with van der Waals surface area (Å²) in [6.07, 6.45) is 6.54. The monoisotopic (exact) mass is 359 g/mol. The molecule has 6 nitrogen and oxygen atoms in total. The van der Waals surface area contributed by atoms with E-state index in [9.17, 15) is 0 Å². The Kier molecular flexibility index (Phi) is 4.96. The summed E-state index contributed by atoms with van der Waals surface area (Å²) in [5.74, 6) is 1.66. The highest BCUT2D eigenvalue weighted by Crippen LogP contribution is 2.36. The molecule has 134 valence electrons. The lowest BCUT2D eigenvalue weighted by Crippen LogP contribution is -2.39. The minimum absolute atomic E-state index is 0.392. The lowest BCUT2D eigenvalue weighted by molar-refractivity contribution is 0.0285. The van der Waals surface area contributed by atoms with E-state index in [0.29, 0.717) is 12.1 Å². The fourth-order valence-corrected chi connectivity index (χ4v) is 4.58. The van der Waals surface area contributed by atoms with Gasteiger partial charge in [0.1, 0.15) is 11.6 Å². The quantitative estimate of drug-likeness (QED) is 0.900. The predicted octanol–water partition coefficient (Wildman–Crippen LogP) is 3.61. The Morgan fingerprint density at radius 3 is 2.80 bits per heavy atom. The van der Waals surface area contributed by atoms with Crippen LogP contribution in [0.25, 0.3) is 0 Å². The Morgan fingerprint density at radius 2 is 2.04 bits per heavy atom. The molecule has 0 spiro atoms. The van der Waals surface area contributed by atoms with Gasteiger partial charge in [0, 0.05) is 36.4 Å². The smallest absolute Gasteiger partial charge is 0.188 e. The molecule has 25 heavy (non-hydrogen) atoms. The summed E-state index contributed by atoms with van der Waals surface area (Å²) in [6.45, 7) is 6.95. The highest BCUT2D eigenvalue weighted by Gasteiger charge is 2.33. The number of hydrogen-bond donors (Lipinski definition) is 1. The van der Waals surface area contributed by atoms with Crippen LogP contribution < -0.4 is 5.32 Å². The molecule has 0 saturated carbocycles. The van der Waals surface area contributed by atoms with Crippen LogP contribution in [-0.4, -0.2) is 45.7 Å². The fourth-order valence-electron chi connectivity index (χ4n) is 3.91. The van der Waals surface area contributed by atoms with Crippen LogP contribution in [-0.2, 0) is 4.74 Å². The number of aryl methyl sites for hydroxylation is 2. The van der Waals surface area contributed by atoms with Gasteiger partial charge in [-0.2, -0.15) is 0 Å². The van der Waals surface area contributed by atoms with Crippen molar-refractivity contribution in [2.24, 2.45) is 0 Å². The molecule has 1 atom stereocenters. The molecule has 0 radical (unpaired) electrons. The lowest BCUT2D eigenvalue weighted by atomic mass is 10.0. The number of thiazole rings is 1. The van der Waals surface area contributed by atoms with Crippen molar-refractivity contribution >= 4 is 22.3 Å². The van der Waals surface area contributed by atoms with E-state index < -0.39 is 0 Å². The van der Waals surface area contributed by atoms with Crippen molar-refractivity contribution in [1.82, 2.24) is 19.9 Å². The summed E-state index contributed by atoms with van der Waals surface area (Å²) in [7, 11) is 0. The SMILES string of the molecule is Cc1nc(Nc2ncc(C)s2)cc(C2CCCN2C2CCOCC2)n1. The van der Waals surface area contributed by atoms with E-state index in [1.807, 2.05) is 13.1 Å². The van der Waals surface area contributed by atoms with Crippen LogP contribution in [0, 0.1) is 13.8 Å². The molecule has 2 aliphatic heterocycles. The lowest BCUT2D eigenvalue weighted by Gasteiger charge is -2.35. The third-order valence-corrected chi connectivity index (χ3v) is 5.84. The number of anilines is 2. The molecule has 0 aromatic carbocycles. The number of likely N-dealkylation sites (tertiary alicyclic amines) is 1. The third-order valence-electron chi connectivity index (χ3n) is 5.01. The molecule has 0 amide bonds. The summed E-state index contributed by atoms with van der Waals surface area (Å²) >= 11 is 1.64. The van der Waals surface area contributed by atoms with Crippen LogP contribution in [0.1, 0.15) is 48.1 Å². The summed E-state index contributed by atoms with van der Waals surface area (Å²) in [4.78, 5) is 17.5. The second kappa shape index (κ2) is 7.35. The number of ether oxygens (including phenoxy) is 1. The normalized spacial score (nSPS) is 22.4. The van der Waals surface area contributed by atoms with Crippen molar-refractivity contribution in [3.05, 3.63) is 28.7 Å². The molecule has 2 saturated heterocycles. The van der Waals surface area contributed by atoms with Crippen molar-refractivity contribution in [2.75, 3.05) is 25.1 Å². The van der Waals surface area contributed by atoms with Gasteiger partial charge in [0.15, 0.2) is 5.13 Å². The van der Waals surface area contributed by atoms with Crippen molar-refractivity contribution in [1.29, 1.82) is 0 Å². The Morgan fingerprint density at radius 1 is 1.20 bits per heavy atom. The van der Waals surface area contributed by atoms with E-state index in [4.69, 9.17) is 9.72 Å². The van der Waals surface area contributed by atoms with E-state index in [0.717, 1.165) is 55.1 Å². The first-order chi connectivity index (χ1) is 12.2. The first-order valence-electron chi connectivity index (χ1n) is 9.07. The van der Waals surface area contributed by atoms with Crippen LogP contribution in [0.3, 0.4) is 0 Å². The molecule has 2 aliphatic rings. The molecule has 2 aromatic rings. The van der Waals surface area contributed by atoms with Crippen LogP contribution in [0.2, 0.25) is 0 Å². The van der Waals surface area contributed by atoms with Crippen LogP contribution in [0.5, 0.6) is 0 Å². The molecule has 4 heterocycles. The minimum Gasteiger partial charge on any atom is -0.381 e. The summed E-state index contributed by atoms with van der Waals surface area (Å²) in [5, 5.41) is 4.23. The highest BCUT2D eigenvalue weighted by molar-refractivity contribution is 7.15. The molecular weight excluding hydrogens is 334 g/mol. The van der Waals surface area contributed by atoms with Crippen LogP contribution >= 0.6 is 11.3 Å². The predicted molar refractivity (Wildman–Crippen MR) is 99.4 cm³/mol. The average molecular weight is 359 g/mol. The fraction of sp³-hybridized carbons (Fsp3) is 0.611. The van der Waals surface area contributed by atoms with Crippen molar-refractivity contribution in [2.45, 2.75) is 51.6 Å². The van der Waals surface area contributed by atoms with E-state index in [1.54, 1.807) is 11.3 Å². The number of rotatable bonds is 4. The Labute approximate surface area is 152 Å². The minimum atomic E-state index is 0.392. The molecule has 0 aliphatic carbocycles. The molecule has 7 heteroatoms. The number of nitrogens with zero attached hydrogens (tertiary/aromatic N) is 4. The van der Waals surface area contributed by atoms with E-state index in [-0.39, 0.29) is 0 Å². The van der Waals surface area contributed by atoms with Crippen molar-refractivity contribution in [3.8, 4) is 0 Å². The van der Waals surface area contributed by atoms with Crippen molar-refractivity contribution in [3.63, 3.8) is 0 Å². The number of nitrogens with one attached hydrogen (secondary N) is 1. The molecular formula is C18H25N5OS. The van der Waals surface area contributed by atoms with Gasteiger partial charge in [0.05, 0.1) is 11.7 Å². The zero-order valence-electron chi connectivity index (χ0n) is 14.9. The van der Waals surface area contributed by atoms with Gasteiger partial charge in [-0.3, -0.25) is 4.90 Å². The van der Waals surface area contributed by atoms with Gasteiger partial charge in [0.2, 0.25) is 0 Å². The first-order valence-corrected chi connectivity index (χ1v) is 9.89. The van der Waals surface area contributed by atoms with E-state index in [2.05, 4.69) is 33.2 Å². The van der Waals surface area contributed by atoms with Gasteiger partial charge in [-0.05, 0) is 46.1 Å². The van der Waals surface area contributed by atoms with Gasteiger partial charge in [-0.15, -0.1) is 11.3 Å². The molecule has 4 rings (SSSR count). The number of aromatic nitrogens is 3. The van der Waals surface area contributed by atoms with Crippen LogP contribution in [0.4, 0.5) is 10.9 Å². The second-order valence-electron chi connectivity index (χ2n) is 6.87. The molecule has 1 N–H and O–H groups in total. The zero-order chi connectivity index (χ0) is 17.2. The second-order valence-corrected chi connectivity index (χ2v) is 8.10. The summed E-state index contributed by atoms with van der Waals surface area (Å²) < 4.78 is 5.54. The highest BCUT2D eigenvalue weighted by atomic mass is 32.1. The Balaban J connectivity index is 1.56. The maximum Gasteiger partial charge on any atom is 0.188 e. The summed E-state index contributed by atoms with van der Waals surface area (Å²) in [6, 6.07) is 3.12. The molecule has 1 unspecified atom stereocenters. The summed E-state index contributed by atoms with van der Waals surface area (Å²) in [5.41, 5.74) is 1.13. The van der Waals surface area contributed by atoms with Gasteiger partial charge < -0.3 is 10.1 Å². The zero-order valence-corrected chi connectivity index (χ0v) is 15.7. The van der Waals surface area contributed by atoms with Gasteiger partial charge in [0.25, 0.3) is 0 Å². The molecule has 2 aromatic heterocycles.